The van der Waals surface area contributed by atoms with Crippen molar-refractivity contribution in [2.45, 2.75) is 13.8 Å². The molecule has 6 rings (SSSR count). The van der Waals surface area contributed by atoms with E-state index < -0.39 is 8.07 Å². The van der Waals surface area contributed by atoms with E-state index in [0.29, 0.717) is 0 Å². The molecule has 1 heteroatoms. The molecule has 2 heterocycles. The summed E-state index contributed by atoms with van der Waals surface area (Å²) in [5.74, 6) is 0. The fraction of sp³-hybridized carbons (Fsp3) is 0.0667. The SMILES string of the molecule is Cc1ccc(C2=CC=C(c3ccc(C)cc3)[Si]23c2ccccc2-c2ccccc23)cc1. The zero-order valence-electron chi connectivity index (χ0n) is 17.9. The molecule has 0 bridgehead atoms. The Morgan fingerprint density at radius 3 is 1.26 bits per heavy atom. The zero-order valence-corrected chi connectivity index (χ0v) is 18.9. The molecule has 4 aromatic rings. The number of hydrogen-bond acceptors (Lipinski definition) is 0. The molecule has 0 aliphatic carbocycles. The van der Waals surface area contributed by atoms with E-state index in [2.05, 4.69) is 123 Å². The van der Waals surface area contributed by atoms with Gasteiger partial charge in [-0.3, -0.25) is 0 Å². The lowest BCUT2D eigenvalue weighted by Gasteiger charge is -2.32. The highest BCUT2D eigenvalue weighted by Crippen LogP contribution is 2.46. The number of benzene rings is 4. The summed E-state index contributed by atoms with van der Waals surface area (Å²) in [6, 6.07) is 36.4. The predicted molar refractivity (Wildman–Crippen MR) is 135 cm³/mol. The van der Waals surface area contributed by atoms with Crippen LogP contribution >= 0.6 is 0 Å². The predicted octanol–water partition coefficient (Wildman–Crippen LogP) is 6.11. The van der Waals surface area contributed by atoms with Gasteiger partial charge in [0.05, 0.1) is 0 Å². The van der Waals surface area contributed by atoms with Gasteiger partial charge in [-0.15, -0.1) is 0 Å². The quantitative estimate of drug-likeness (QED) is 0.349. The van der Waals surface area contributed by atoms with Gasteiger partial charge in [-0.1, -0.05) is 120 Å². The minimum atomic E-state index is -2.36. The summed E-state index contributed by atoms with van der Waals surface area (Å²) >= 11 is 0. The van der Waals surface area contributed by atoms with Crippen molar-refractivity contribution in [1.82, 2.24) is 0 Å². The summed E-state index contributed by atoms with van der Waals surface area (Å²) in [5.41, 5.74) is 8.11. The van der Waals surface area contributed by atoms with Crippen LogP contribution in [0.25, 0.3) is 21.5 Å². The van der Waals surface area contributed by atoms with E-state index >= 15 is 0 Å². The highest BCUT2D eigenvalue weighted by molar-refractivity contribution is 7.28. The van der Waals surface area contributed by atoms with Gasteiger partial charge in [-0.05, 0) is 56.9 Å². The van der Waals surface area contributed by atoms with Crippen molar-refractivity contribution in [3.05, 3.63) is 131 Å². The van der Waals surface area contributed by atoms with E-state index in [-0.39, 0.29) is 0 Å². The monoisotopic (exact) mass is 412 g/mol. The molecule has 0 N–H and O–H groups in total. The average molecular weight is 413 g/mol. The Morgan fingerprint density at radius 2 is 0.839 bits per heavy atom. The summed E-state index contributed by atoms with van der Waals surface area (Å²) in [7, 11) is -2.36. The first-order valence-corrected chi connectivity index (χ1v) is 13.0. The van der Waals surface area contributed by atoms with Crippen molar-refractivity contribution < 1.29 is 0 Å². The number of rotatable bonds is 2. The van der Waals surface area contributed by atoms with Crippen LogP contribution in [0.2, 0.25) is 0 Å². The van der Waals surface area contributed by atoms with Crippen LogP contribution in [0.4, 0.5) is 0 Å². The van der Waals surface area contributed by atoms with Crippen molar-refractivity contribution in [3.8, 4) is 11.1 Å². The standard InChI is InChI=1S/C30H24Si/c1-21-11-15-23(16-12-21)27-19-20-28(24-17-13-22(2)14-18-24)31(27)29-9-5-3-7-25(29)26-8-4-6-10-30(26)31/h3-20H,1-2H3. The molecular weight excluding hydrogens is 388 g/mol. The van der Waals surface area contributed by atoms with Crippen LogP contribution in [0.5, 0.6) is 0 Å². The fourth-order valence-electron chi connectivity index (χ4n) is 5.47. The van der Waals surface area contributed by atoms with E-state index in [1.807, 2.05) is 0 Å². The van der Waals surface area contributed by atoms with Crippen LogP contribution in [-0.4, -0.2) is 8.07 Å². The Balaban J connectivity index is 1.69. The minimum absolute atomic E-state index is 1.30. The highest BCUT2D eigenvalue weighted by Gasteiger charge is 2.53. The number of allylic oxidation sites excluding steroid dienone is 2. The van der Waals surface area contributed by atoms with Gasteiger partial charge in [-0.25, -0.2) is 0 Å². The molecule has 0 nitrogen and oxygen atoms in total. The maximum atomic E-state index is 2.41. The maximum absolute atomic E-state index is 2.41. The molecule has 0 aromatic heterocycles. The first-order chi connectivity index (χ1) is 15.2. The van der Waals surface area contributed by atoms with Gasteiger partial charge in [0.25, 0.3) is 0 Å². The molecule has 0 saturated carbocycles. The molecule has 2 aliphatic rings. The van der Waals surface area contributed by atoms with E-state index in [0.717, 1.165) is 0 Å². The third-order valence-electron chi connectivity index (χ3n) is 6.90. The molecule has 4 aromatic carbocycles. The molecule has 0 amide bonds. The molecule has 31 heavy (non-hydrogen) atoms. The molecule has 2 aliphatic heterocycles. The van der Waals surface area contributed by atoms with Gasteiger partial charge in [-0.2, -0.15) is 0 Å². The minimum Gasteiger partial charge on any atom is -0.0623 e. The maximum Gasteiger partial charge on any atom is 0.182 e. The Labute approximate surface area is 185 Å². The number of hydrogen-bond donors (Lipinski definition) is 0. The van der Waals surface area contributed by atoms with Crippen LogP contribution < -0.4 is 10.4 Å². The Kier molecular flexibility index (Phi) is 4.02. The van der Waals surface area contributed by atoms with Gasteiger partial charge in [0.2, 0.25) is 0 Å². The second-order valence-electron chi connectivity index (χ2n) is 8.73. The largest absolute Gasteiger partial charge is 0.182 e. The van der Waals surface area contributed by atoms with Crippen molar-refractivity contribution in [2.24, 2.45) is 0 Å². The Hall–Kier alpha value is -3.42. The van der Waals surface area contributed by atoms with Gasteiger partial charge >= 0.3 is 0 Å². The van der Waals surface area contributed by atoms with Gasteiger partial charge in [0.15, 0.2) is 8.07 Å². The molecule has 0 fully saturated rings. The highest BCUT2D eigenvalue weighted by atomic mass is 28.3. The Morgan fingerprint density at radius 1 is 0.452 bits per heavy atom. The third-order valence-corrected chi connectivity index (χ3v) is 11.9. The van der Waals surface area contributed by atoms with E-state index in [4.69, 9.17) is 0 Å². The third kappa shape index (κ3) is 2.54. The second-order valence-corrected chi connectivity index (χ2v) is 12.4. The smallest absolute Gasteiger partial charge is 0.0623 e. The molecule has 0 radical (unpaired) electrons. The van der Waals surface area contributed by atoms with Gasteiger partial charge in [0.1, 0.15) is 0 Å². The zero-order chi connectivity index (χ0) is 21.0. The second kappa shape index (κ2) is 6.80. The van der Waals surface area contributed by atoms with Gasteiger partial charge in [0, 0.05) is 0 Å². The molecule has 0 unspecified atom stereocenters. The lowest BCUT2D eigenvalue weighted by Crippen LogP contribution is -2.56. The number of aryl methyl sites for hydroxylation is 2. The number of fused-ring (bicyclic) bond motifs is 5. The topological polar surface area (TPSA) is 0 Å². The van der Waals surface area contributed by atoms with Crippen molar-refractivity contribution >= 4 is 28.8 Å². The summed E-state index contributed by atoms with van der Waals surface area (Å²) in [5, 5.41) is 6.04. The molecule has 1 spiro atoms. The average Bonchev–Trinajstić information content (AvgIpc) is 3.34. The van der Waals surface area contributed by atoms with E-state index in [9.17, 15) is 0 Å². The van der Waals surface area contributed by atoms with E-state index in [1.54, 1.807) is 0 Å². The lowest BCUT2D eigenvalue weighted by molar-refractivity contribution is 1.46. The van der Waals surface area contributed by atoms with Crippen molar-refractivity contribution in [1.29, 1.82) is 0 Å². The summed E-state index contributed by atoms with van der Waals surface area (Å²) in [6.45, 7) is 4.33. The fourth-order valence-corrected chi connectivity index (χ4v) is 11.0. The van der Waals surface area contributed by atoms with E-state index in [1.165, 1.54) is 54.1 Å². The summed E-state index contributed by atoms with van der Waals surface area (Å²) in [4.78, 5) is 0. The normalized spacial score (nSPS) is 15.4. The Bertz CT molecular complexity index is 1260. The molecule has 148 valence electrons. The van der Waals surface area contributed by atoms with Crippen LogP contribution in [0.15, 0.2) is 109 Å². The first kappa shape index (κ1) is 18.4. The van der Waals surface area contributed by atoms with Crippen LogP contribution in [0.3, 0.4) is 0 Å². The van der Waals surface area contributed by atoms with Crippen LogP contribution in [0, 0.1) is 13.8 Å². The lowest BCUT2D eigenvalue weighted by atomic mass is 10.1. The van der Waals surface area contributed by atoms with Crippen LogP contribution in [0.1, 0.15) is 22.3 Å². The summed E-state index contributed by atoms with van der Waals surface area (Å²) < 4.78 is 0. The summed E-state index contributed by atoms with van der Waals surface area (Å²) in [6.07, 6.45) is 4.82. The first-order valence-electron chi connectivity index (χ1n) is 11.0. The molecule has 0 saturated heterocycles. The van der Waals surface area contributed by atoms with Crippen molar-refractivity contribution in [3.63, 3.8) is 0 Å². The van der Waals surface area contributed by atoms with Crippen LogP contribution in [-0.2, 0) is 0 Å². The van der Waals surface area contributed by atoms with Crippen molar-refractivity contribution in [2.75, 3.05) is 0 Å². The van der Waals surface area contributed by atoms with Gasteiger partial charge < -0.3 is 0 Å². The molecular formula is C30H24Si. The molecule has 0 atom stereocenters.